The molecule has 0 bridgehead atoms. The number of aromatic nitrogens is 5. The fourth-order valence-corrected chi connectivity index (χ4v) is 2.47. The highest BCUT2D eigenvalue weighted by atomic mass is 35.5. The van der Waals surface area contributed by atoms with Crippen LogP contribution in [0, 0.1) is 0 Å². The number of para-hydroxylation sites is 1. The van der Waals surface area contributed by atoms with Crippen molar-refractivity contribution >= 4 is 34.5 Å². The maximum absolute atomic E-state index is 12.5. The van der Waals surface area contributed by atoms with E-state index < -0.39 is 0 Å². The Morgan fingerprint density at radius 3 is 2.83 bits per heavy atom. The van der Waals surface area contributed by atoms with Gasteiger partial charge in [0.05, 0.1) is 16.1 Å². The standard InChI is InChI=1S/C16H11ClN6O/c17-9-4-5-12(20-8-9)14-21-11-3-1-2-10(13(11)22-14)15(24)23-16-18-6-7-19-16/h1-8H,(H,21,22)(H2,18,19,23,24). The molecule has 0 aliphatic carbocycles. The number of nitrogens with one attached hydrogen (secondary N) is 3. The number of hydrogen-bond donors (Lipinski definition) is 3. The second kappa shape index (κ2) is 5.78. The lowest BCUT2D eigenvalue weighted by atomic mass is 10.2. The van der Waals surface area contributed by atoms with E-state index in [-0.39, 0.29) is 5.91 Å². The van der Waals surface area contributed by atoms with Crippen molar-refractivity contribution in [2.45, 2.75) is 0 Å². The maximum atomic E-state index is 12.5. The number of H-pyrrole nitrogens is 2. The van der Waals surface area contributed by atoms with E-state index in [1.54, 1.807) is 42.9 Å². The number of aromatic amines is 2. The average molecular weight is 339 g/mol. The van der Waals surface area contributed by atoms with Crippen LogP contribution in [-0.2, 0) is 0 Å². The van der Waals surface area contributed by atoms with E-state index in [4.69, 9.17) is 11.6 Å². The van der Waals surface area contributed by atoms with Crippen molar-refractivity contribution in [3.63, 3.8) is 0 Å². The third-order valence-electron chi connectivity index (χ3n) is 3.46. The van der Waals surface area contributed by atoms with Crippen molar-refractivity contribution in [3.05, 3.63) is 59.5 Å². The van der Waals surface area contributed by atoms with Crippen LogP contribution in [0.3, 0.4) is 0 Å². The molecule has 7 nitrogen and oxygen atoms in total. The van der Waals surface area contributed by atoms with E-state index in [0.29, 0.717) is 33.6 Å². The largest absolute Gasteiger partial charge is 0.337 e. The molecule has 8 heteroatoms. The molecule has 0 radical (unpaired) electrons. The van der Waals surface area contributed by atoms with E-state index >= 15 is 0 Å². The molecule has 4 rings (SSSR count). The van der Waals surface area contributed by atoms with Gasteiger partial charge in [0.15, 0.2) is 5.82 Å². The Morgan fingerprint density at radius 1 is 1.17 bits per heavy atom. The van der Waals surface area contributed by atoms with Crippen LogP contribution in [-0.4, -0.2) is 30.8 Å². The van der Waals surface area contributed by atoms with Crippen LogP contribution >= 0.6 is 11.6 Å². The Morgan fingerprint density at radius 2 is 2.08 bits per heavy atom. The Balaban J connectivity index is 1.74. The molecule has 0 fully saturated rings. The van der Waals surface area contributed by atoms with Crippen molar-refractivity contribution in [1.82, 2.24) is 24.9 Å². The Hall–Kier alpha value is -3.19. The van der Waals surface area contributed by atoms with Gasteiger partial charge in [-0.3, -0.25) is 15.1 Å². The van der Waals surface area contributed by atoms with Crippen LogP contribution in [0.5, 0.6) is 0 Å². The number of amides is 1. The minimum Gasteiger partial charge on any atom is -0.337 e. The topological polar surface area (TPSA) is 99.3 Å². The quantitative estimate of drug-likeness (QED) is 0.534. The summed E-state index contributed by atoms with van der Waals surface area (Å²) in [4.78, 5) is 31.2. The van der Waals surface area contributed by atoms with E-state index in [2.05, 4.69) is 30.2 Å². The van der Waals surface area contributed by atoms with Gasteiger partial charge in [-0.1, -0.05) is 17.7 Å². The molecular weight excluding hydrogens is 328 g/mol. The van der Waals surface area contributed by atoms with Crippen LogP contribution < -0.4 is 5.32 Å². The number of halogens is 1. The Labute approximate surface area is 141 Å². The first-order valence-electron chi connectivity index (χ1n) is 7.12. The highest BCUT2D eigenvalue weighted by Crippen LogP contribution is 2.23. The highest BCUT2D eigenvalue weighted by Gasteiger charge is 2.15. The summed E-state index contributed by atoms with van der Waals surface area (Å²) in [6.45, 7) is 0. The predicted octanol–water partition coefficient (Wildman–Crippen LogP) is 3.25. The lowest BCUT2D eigenvalue weighted by Crippen LogP contribution is -2.13. The molecule has 4 aromatic rings. The number of rotatable bonds is 3. The first-order chi connectivity index (χ1) is 11.7. The Bertz CT molecular complexity index is 1010. The maximum Gasteiger partial charge on any atom is 0.260 e. The molecule has 0 spiro atoms. The number of carbonyl (C=O) groups is 1. The molecule has 24 heavy (non-hydrogen) atoms. The third kappa shape index (κ3) is 2.61. The summed E-state index contributed by atoms with van der Waals surface area (Å²) in [6.07, 6.45) is 4.75. The van der Waals surface area contributed by atoms with Gasteiger partial charge in [-0.05, 0) is 24.3 Å². The fourth-order valence-electron chi connectivity index (χ4n) is 2.36. The molecule has 1 aromatic carbocycles. The average Bonchev–Trinajstić information content (AvgIpc) is 3.24. The van der Waals surface area contributed by atoms with Gasteiger partial charge in [-0.25, -0.2) is 9.97 Å². The summed E-state index contributed by atoms with van der Waals surface area (Å²) in [7, 11) is 0. The van der Waals surface area contributed by atoms with Crippen molar-refractivity contribution in [1.29, 1.82) is 0 Å². The number of hydrogen-bond acceptors (Lipinski definition) is 4. The van der Waals surface area contributed by atoms with Gasteiger partial charge in [0.1, 0.15) is 11.2 Å². The van der Waals surface area contributed by atoms with E-state index in [9.17, 15) is 4.79 Å². The monoisotopic (exact) mass is 338 g/mol. The van der Waals surface area contributed by atoms with Crippen LogP contribution in [0.4, 0.5) is 5.95 Å². The zero-order valence-electron chi connectivity index (χ0n) is 12.2. The highest BCUT2D eigenvalue weighted by molar-refractivity contribution is 6.30. The molecule has 0 saturated heterocycles. The van der Waals surface area contributed by atoms with Gasteiger partial charge in [0, 0.05) is 18.6 Å². The minimum absolute atomic E-state index is 0.294. The van der Waals surface area contributed by atoms with Crippen LogP contribution in [0.2, 0.25) is 5.02 Å². The number of fused-ring (bicyclic) bond motifs is 1. The molecule has 118 valence electrons. The summed E-state index contributed by atoms with van der Waals surface area (Å²) in [6, 6.07) is 8.85. The van der Waals surface area contributed by atoms with Gasteiger partial charge < -0.3 is 9.97 Å². The second-order valence-electron chi connectivity index (χ2n) is 5.04. The lowest BCUT2D eigenvalue weighted by Gasteiger charge is -2.02. The number of nitrogens with zero attached hydrogens (tertiary/aromatic N) is 3. The normalized spacial score (nSPS) is 10.9. The molecule has 3 heterocycles. The zero-order chi connectivity index (χ0) is 16.5. The molecule has 0 saturated carbocycles. The molecule has 0 unspecified atom stereocenters. The number of pyridine rings is 1. The summed E-state index contributed by atoms with van der Waals surface area (Å²) in [5.41, 5.74) is 2.40. The van der Waals surface area contributed by atoms with Crippen molar-refractivity contribution in [2.75, 3.05) is 5.32 Å². The smallest absolute Gasteiger partial charge is 0.260 e. The lowest BCUT2D eigenvalue weighted by molar-refractivity contribution is 0.102. The number of imidazole rings is 2. The molecule has 1 amide bonds. The summed E-state index contributed by atoms with van der Waals surface area (Å²) in [5.74, 6) is 0.657. The molecule has 3 aromatic heterocycles. The van der Waals surface area contributed by atoms with Crippen molar-refractivity contribution in [3.8, 4) is 11.5 Å². The number of carbonyl (C=O) groups excluding carboxylic acids is 1. The van der Waals surface area contributed by atoms with E-state index in [0.717, 1.165) is 5.52 Å². The van der Waals surface area contributed by atoms with Crippen LogP contribution in [0.1, 0.15) is 10.4 Å². The summed E-state index contributed by atoms with van der Waals surface area (Å²) in [5, 5.41) is 3.24. The van der Waals surface area contributed by atoms with Gasteiger partial charge in [-0.2, -0.15) is 0 Å². The molecule has 0 aliphatic heterocycles. The molecule has 0 aliphatic rings. The first-order valence-corrected chi connectivity index (χ1v) is 7.50. The molecular formula is C16H11ClN6O. The van der Waals surface area contributed by atoms with Crippen LogP contribution in [0.15, 0.2) is 48.9 Å². The SMILES string of the molecule is O=C(Nc1ncc[nH]1)c1cccc2[nH]c(-c3ccc(Cl)cn3)nc12. The Kier molecular flexibility index (Phi) is 3.47. The molecule has 0 atom stereocenters. The number of anilines is 1. The van der Waals surface area contributed by atoms with Gasteiger partial charge in [0.25, 0.3) is 5.91 Å². The van der Waals surface area contributed by atoms with Crippen molar-refractivity contribution < 1.29 is 4.79 Å². The minimum atomic E-state index is -0.294. The fraction of sp³-hybridized carbons (Fsp3) is 0. The van der Waals surface area contributed by atoms with Gasteiger partial charge in [-0.15, -0.1) is 0 Å². The van der Waals surface area contributed by atoms with Crippen LogP contribution in [0.25, 0.3) is 22.6 Å². The number of benzene rings is 1. The predicted molar refractivity (Wildman–Crippen MR) is 90.9 cm³/mol. The summed E-state index contributed by atoms with van der Waals surface area (Å²) >= 11 is 5.86. The second-order valence-corrected chi connectivity index (χ2v) is 5.48. The zero-order valence-corrected chi connectivity index (χ0v) is 13.0. The van der Waals surface area contributed by atoms with E-state index in [1.165, 1.54) is 0 Å². The first kappa shape index (κ1) is 14.4. The molecule has 3 N–H and O–H groups in total. The van der Waals surface area contributed by atoms with E-state index in [1.807, 2.05) is 6.07 Å². The third-order valence-corrected chi connectivity index (χ3v) is 3.68. The van der Waals surface area contributed by atoms with Gasteiger partial charge in [0.2, 0.25) is 5.95 Å². The van der Waals surface area contributed by atoms with Gasteiger partial charge >= 0.3 is 0 Å². The summed E-state index contributed by atoms with van der Waals surface area (Å²) < 4.78 is 0. The van der Waals surface area contributed by atoms with Crippen molar-refractivity contribution in [2.24, 2.45) is 0 Å².